The van der Waals surface area contributed by atoms with Gasteiger partial charge in [-0.1, -0.05) is 42.0 Å². The maximum atomic E-state index is 11.1. The molecule has 2 N–H and O–H groups in total. The molecule has 150 valence electrons. The van der Waals surface area contributed by atoms with Crippen molar-refractivity contribution < 1.29 is 15.0 Å². The molecule has 2 aromatic carbocycles. The molecule has 1 aliphatic heterocycles. The predicted molar refractivity (Wildman–Crippen MR) is 117 cm³/mol. The van der Waals surface area contributed by atoms with Gasteiger partial charge in [0.05, 0.1) is 6.61 Å². The SMILES string of the molecule is Cc1cc(CO)cc(CN2CCc3cccc(CCc4ccc(C(=O)O)s4)c32)c1. The van der Waals surface area contributed by atoms with Gasteiger partial charge >= 0.3 is 5.97 Å². The Balaban J connectivity index is 1.54. The number of rotatable bonds is 7. The number of para-hydroxylation sites is 1. The van der Waals surface area contributed by atoms with Gasteiger partial charge in [0, 0.05) is 23.7 Å². The number of carboxylic acids is 1. The molecule has 0 radical (unpaired) electrons. The molecule has 0 spiro atoms. The number of nitrogens with zero attached hydrogens (tertiary/aromatic N) is 1. The molecule has 2 heterocycles. The summed E-state index contributed by atoms with van der Waals surface area (Å²) < 4.78 is 0. The average Bonchev–Trinajstić information content (AvgIpc) is 3.34. The van der Waals surface area contributed by atoms with E-state index < -0.39 is 5.97 Å². The van der Waals surface area contributed by atoms with Crippen LogP contribution in [0.4, 0.5) is 5.69 Å². The van der Waals surface area contributed by atoms with E-state index >= 15 is 0 Å². The molecule has 0 fully saturated rings. The van der Waals surface area contributed by atoms with Gasteiger partial charge in [0.15, 0.2) is 0 Å². The van der Waals surface area contributed by atoms with Crippen LogP contribution in [0.1, 0.15) is 42.4 Å². The molecule has 4 nitrogen and oxygen atoms in total. The van der Waals surface area contributed by atoms with Crippen LogP contribution in [-0.4, -0.2) is 22.7 Å². The first kappa shape index (κ1) is 19.7. The number of carbonyl (C=O) groups is 1. The van der Waals surface area contributed by atoms with E-state index in [1.807, 2.05) is 12.1 Å². The number of aryl methyl sites for hydroxylation is 3. The summed E-state index contributed by atoms with van der Waals surface area (Å²) in [5, 5.41) is 18.6. The van der Waals surface area contributed by atoms with E-state index in [-0.39, 0.29) is 6.61 Å². The molecule has 0 saturated carbocycles. The fourth-order valence-corrected chi connectivity index (χ4v) is 5.06. The minimum absolute atomic E-state index is 0.0651. The molecule has 1 aliphatic rings. The van der Waals surface area contributed by atoms with Crippen molar-refractivity contribution >= 4 is 23.0 Å². The smallest absolute Gasteiger partial charge is 0.345 e. The lowest BCUT2D eigenvalue weighted by Crippen LogP contribution is -2.21. The Hall–Kier alpha value is -2.63. The van der Waals surface area contributed by atoms with Gasteiger partial charge in [-0.05, 0) is 60.6 Å². The lowest BCUT2D eigenvalue weighted by molar-refractivity contribution is 0.0702. The van der Waals surface area contributed by atoms with Crippen molar-refractivity contribution in [2.45, 2.75) is 39.3 Å². The Bertz CT molecular complexity index is 1040. The highest BCUT2D eigenvalue weighted by molar-refractivity contribution is 7.13. The summed E-state index contributed by atoms with van der Waals surface area (Å²) in [6, 6.07) is 16.5. The normalized spacial score (nSPS) is 13.0. The molecule has 0 bridgehead atoms. The summed E-state index contributed by atoms with van der Waals surface area (Å²) >= 11 is 1.37. The number of fused-ring (bicyclic) bond motifs is 1. The number of aliphatic hydroxyl groups excluding tert-OH is 1. The van der Waals surface area contributed by atoms with Crippen molar-refractivity contribution in [1.29, 1.82) is 0 Å². The lowest BCUT2D eigenvalue weighted by Gasteiger charge is -2.23. The van der Waals surface area contributed by atoms with Crippen molar-refractivity contribution in [3.8, 4) is 0 Å². The van der Waals surface area contributed by atoms with E-state index in [0.717, 1.165) is 42.8 Å². The second kappa shape index (κ2) is 8.39. The van der Waals surface area contributed by atoms with Crippen LogP contribution in [0.3, 0.4) is 0 Å². The highest BCUT2D eigenvalue weighted by Gasteiger charge is 2.22. The maximum absolute atomic E-state index is 11.1. The Morgan fingerprint density at radius 1 is 1.10 bits per heavy atom. The number of carboxylic acid groups (broad SMARTS) is 1. The molecule has 3 aromatic rings. The minimum atomic E-state index is -0.853. The zero-order chi connectivity index (χ0) is 20.4. The van der Waals surface area contributed by atoms with Gasteiger partial charge in [-0.25, -0.2) is 4.79 Å². The van der Waals surface area contributed by atoms with Crippen LogP contribution < -0.4 is 4.90 Å². The summed E-state index contributed by atoms with van der Waals surface area (Å²) in [4.78, 5) is 15.1. The van der Waals surface area contributed by atoms with Gasteiger partial charge in [0.1, 0.15) is 4.88 Å². The second-order valence-corrected chi connectivity index (χ2v) is 8.82. The highest BCUT2D eigenvalue weighted by Crippen LogP contribution is 2.34. The zero-order valence-corrected chi connectivity index (χ0v) is 17.3. The Kier molecular flexibility index (Phi) is 5.69. The van der Waals surface area contributed by atoms with Gasteiger partial charge in [0.2, 0.25) is 0 Å². The fraction of sp³-hybridized carbons (Fsp3) is 0.292. The lowest BCUT2D eigenvalue weighted by atomic mass is 10.0. The molecule has 29 heavy (non-hydrogen) atoms. The number of thiophene rings is 1. The van der Waals surface area contributed by atoms with Gasteiger partial charge in [-0.15, -0.1) is 11.3 Å². The Morgan fingerprint density at radius 2 is 1.93 bits per heavy atom. The number of hydrogen-bond acceptors (Lipinski definition) is 4. The third kappa shape index (κ3) is 4.36. The van der Waals surface area contributed by atoms with Crippen molar-refractivity contribution in [3.63, 3.8) is 0 Å². The Labute approximate surface area is 175 Å². The maximum Gasteiger partial charge on any atom is 0.345 e. The predicted octanol–water partition coefficient (Wildman–Crippen LogP) is 4.59. The molecular formula is C24H25NO3S. The number of benzene rings is 2. The molecule has 0 unspecified atom stereocenters. The summed E-state index contributed by atoms with van der Waals surface area (Å²) in [6.45, 7) is 3.96. The minimum Gasteiger partial charge on any atom is -0.477 e. The summed E-state index contributed by atoms with van der Waals surface area (Å²) in [7, 11) is 0. The molecule has 0 saturated heterocycles. The van der Waals surface area contributed by atoms with Crippen molar-refractivity contribution in [1.82, 2.24) is 0 Å². The van der Waals surface area contributed by atoms with Gasteiger partial charge < -0.3 is 15.1 Å². The van der Waals surface area contributed by atoms with Crippen LogP contribution in [0, 0.1) is 6.92 Å². The summed E-state index contributed by atoms with van der Waals surface area (Å²) in [6.07, 6.45) is 2.79. The first-order chi connectivity index (χ1) is 14.0. The third-order valence-corrected chi connectivity index (χ3v) is 6.57. The van der Waals surface area contributed by atoms with Crippen LogP contribution >= 0.6 is 11.3 Å². The number of aliphatic hydroxyl groups is 1. The number of hydrogen-bond donors (Lipinski definition) is 2. The van der Waals surface area contributed by atoms with E-state index in [1.165, 1.54) is 39.3 Å². The Morgan fingerprint density at radius 3 is 2.69 bits per heavy atom. The number of aromatic carboxylic acids is 1. The molecule has 1 aromatic heterocycles. The first-order valence-corrected chi connectivity index (χ1v) is 10.7. The first-order valence-electron chi connectivity index (χ1n) is 9.91. The average molecular weight is 408 g/mol. The molecule has 5 heteroatoms. The molecule has 0 aliphatic carbocycles. The highest BCUT2D eigenvalue weighted by atomic mass is 32.1. The van der Waals surface area contributed by atoms with E-state index in [4.69, 9.17) is 5.11 Å². The van der Waals surface area contributed by atoms with Crippen LogP contribution in [-0.2, 0) is 32.4 Å². The molecule has 0 amide bonds. The third-order valence-electron chi connectivity index (χ3n) is 5.44. The summed E-state index contributed by atoms with van der Waals surface area (Å²) in [5.41, 5.74) is 7.39. The molecular weight excluding hydrogens is 382 g/mol. The largest absolute Gasteiger partial charge is 0.477 e. The van der Waals surface area contributed by atoms with E-state index in [2.05, 4.69) is 42.2 Å². The van der Waals surface area contributed by atoms with Crippen molar-refractivity contribution in [2.75, 3.05) is 11.4 Å². The van der Waals surface area contributed by atoms with Crippen molar-refractivity contribution in [2.24, 2.45) is 0 Å². The van der Waals surface area contributed by atoms with Crippen molar-refractivity contribution in [3.05, 3.63) is 86.1 Å². The second-order valence-electron chi connectivity index (χ2n) is 7.65. The van der Waals surface area contributed by atoms with E-state index in [9.17, 15) is 9.90 Å². The topological polar surface area (TPSA) is 60.8 Å². The van der Waals surface area contributed by atoms with Crippen LogP contribution in [0.25, 0.3) is 0 Å². The fourth-order valence-electron chi connectivity index (χ4n) is 4.22. The standard InChI is InChI=1S/C24H25NO3S/c1-16-11-17(13-18(12-16)15-26)14-25-10-9-20-4-2-3-19(23(20)25)5-6-21-7-8-22(29-21)24(27)28/h2-4,7-8,11-13,26H,5-6,9-10,14-15H2,1H3,(H,27,28). The van der Waals surface area contributed by atoms with Crippen LogP contribution in [0.15, 0.2) is 48.5 Å². The quantitative estimate of drug-likeness (QED) is 0.601. The molecule has 4 rings (SSSR count). The zero-order valence-electron chi connectivity index (χ0n) is 16.5. The number of anilines is 1. The molecule has 0 atom stereocenters. The summed E-state index contributed by atoms with van der Waals surface area (Å²) in [5.74, 6) is -0.853. The monoisotopic (exact) mass is 407 g/mol. The van der Waals surface area contributed by atoms with Crippen LogP contribution in [0.5, 0.6) is 0 Å². The van der Waals surface area contributed by atoms with Crippen LogP contribution in [0.2, 0.25) is 0 Å². The van der Waals surface area contributed by atoms with E-state index in [0.29, 0.717) is 4.88 Å². The van der Waals surface area contributed by atoms with Gasteiger partial charge in [-0.2, -0.15) is 0 Å². The van der Waals surface area contributed by atoms with Gasteiger partial charge in [0.25, 0.3) is 0 Å². The van der Waals surface area contributed by atoms with E-state index in [1.54, 1.807) is 6.07 Å². The van der Waals surface area contributed by atoms with Gasteiger partial charge in [-0.3, -0.25) is 0 Å².